The molecule has 0 aromatic carbocycles. The van der Waals surface area contributed by atoms with E-state index in [0.29, 0.717) is 0 Å². The van der Waals surface area contributed by atoms with Gasteiger partial charge in [-0.15, -0.1) is 0 Å². The molecule has 0 atom stereocenters. The predicted molar refractivity (Wildman–Crippen MR) is 58.6 cm³/mol. The van der Waals surface area contributed by atoms with Crippen molar-refractivity contribution in [2.24, 2.45) is 10.9 Å². The summed E-state index contributed by atoms with van der Waals surface area (Å²) in [6, 6.07) is 1.99. The number of hydrogen-bond donors (Lipinski definition) is 0. The molecule has 2 aliphatic rings. The average Bonchev–Trinajstić information content (AvgIpc) is 2.84. The first-order chi connectivity index (χ1) is 7.84. The molecule has 2 fully saturated rings. The number of aromatic nitrogens is 2. The lowest BCUT2D eigenvalue weighted by atomic mass is 9.85. The van der Waals surface area contributed by atoms with Crippen LogP contribution in [0.25, 0.3) is 0 Å². The Morgan fingerprint density at radius 3 is 2.94 bits per heavy atom. The lowest BCUT2D eigenvalue weighted by Crippen LogP contribution is -2.22. The van der Waals surface area contributed by atoms with E-state index in [0.717, 1.165) is 31.0 Å². The van der Waals surface area contributed by atoms with Gasteiger partial charge in [0.2, 0.25) is 6.08 Å². The highest BCUT2D eigenvalue weighted by molar-refractivity contribution is 5.39. The molecule has 0 spiro atoms. The van der Waals surface area contributed by atoms with Crippen LogP contribution >= 0.6 is 0 Å². The average molecular weight is 217 g/mol. The normalized spacial score (nSPS) is 22.2. The number of rotatable bonds is 4. The molecule has 0 N–H and O–H groups in total. The minimum atomic E-state index is -0.276. The zero-order chi connectivity index (χ0) is 11.0. The van der Waals surface area contributed by atoms with Crippen LogP contribution in [0.1, 0.15) is 37.8 Å². The monoisotopic (exact) mass is 217 g/mol. The minimum absolute atomic E-state index is 0.276. The van der Waals surface area contributed by atoms with Gasteiger partial charge in [-0.1, -0.05) is 6.42 Å². The summed E-state index contributed by atoms with van der Waals surface area (Å²) < 4.78 is 2.04. The van der Waals surface area contributed by atoms with Gasteiger partial charge in [0.1, 0.15) is 5.54 Å². The second-order valence-electron chi connectivity index (χ2n) is 4.93. The Kier molecular flexibility index (Phi) is 2.18. The van der Waals surface area contributed by atoms with E-state index < -0.39 is 0 Å². The highest BCUT2D eigenvalue weighted by Gasteiger charge is 2.47. The third kappa shape index (κ3) is 1.50. The topological polar surface area (TPSA) is 47.2 Å². The predicted octanol–water partition coefficient (Wildman–Crippen LogP) is 2.01. The Balaban J connectivity index is 1.84. The Labute approximate surface area is 94.4 Å². The number of carbonyl (C=O) groups excluding carboxylic acids is 1. The van der Waals surface area contributed by atoms with Gasteiger partial charge in [-0.05, 0) is 37.7 Å². The maximum Gasteiger partial charge on any atom is 0.235 e. The quantitative estimate of drug-likeness (QED) is 0.572. The van der Waals surface area contributed by atoms with E-state index in [1.165, 1.54) is 19.3 Å². The molecule has 1 aromatic heterocycles. The second-order valence-corrected chi connectivity index (χ2v) is 4.93. The molecule has 2 aliphatic carbocycles. The molecule has 3 rings (SSSR count). The van der Waals surface area contributed by atoms with Gasteiger partial charge in [0.05, 0.1) is 5.69 Å². The first-order valence-electron chi connectivity index (χ1n) is 5.95. The third-order valence-corrected chi connectivity index (χ3v) is 3.83. The zero-order valence-corrected chi connectivity index (χ0v) is 9.22. The fourth-order valence-electron chi connectivity index (χ4n) is 2.42. The Bertz CT molecular complexity index is 437. The minimum Gasteiger partial charge on any atom is -0.267 e. The molecule has 84 valence electrons. The summed E-state index contributed by atoms with van der Waals surface area (Å²) in [7, 11) is 0. The molecule has 0 unspecified atom stereocenters. The highest BCUT2D eigenvalue weighted by atomic mass is 16.1. The number of hydrogen-bond acceptors (Lipinski definition) is 3. The first kappa shape index (κ1) is 9.79. The van der Waals surface area contributed by atoms with Crippen LogP contribution in [0.2, 0.25) is 0 Å². The van der Waals surface area contributed by atoms with Gasteiger partial charge in [0.25, 0.3) is 0 Å². The Morgan fingerprint density at radius 2 is 2.38 bits per heavy atom. The number of isocyanates is 1. The van der Waals surface area contributed by atoms with E-state index in [1.807, 2.05) is 16.9 Å². The SMILES string of the molecule is O=C=NC1(c2ccnn2CC2CCC2)CC1. The van der Waals surface area contributed by atoms with E-state index >= 15 is 0 Å². The van der Waals surface area contributed by atoms with Gasteiger partial charge in [-0.25, -0.2) is 4.79 Å². The summed E-state index contributed by atoms with van der Waals surface area (Å²) in [6.45, 7) is 0.985. The molecule has 0 amide bonds. The van der Waals surface area contributed by atoms with Gasteiger partial charge in [-0.3, -0.25) is 4.68 Å². The smallest absolute Gasteiger partial charge is 0.235 e. The van der Waals surface area contributed by atoms with Gasteiger partial charge in [-0.2, -0.15) is 10.1 Å². The summed E-state index contributed by atoms with van der Waals surface area (Å²) in [5.74, 6) is 0.773. The standard InChI is InChI=1S/C12H15N3O/c16-9-13-12(5-6-12)11-4-7-14-15(11)8-10-2-1-3-10/h4,7,10H,1-3,5-6,8H2. The number of nitrogens with zero attached hydrogens (tertiary/aromatic N) is 3. The van der Waals surface area contributed by atoms with Gasteiger partial charge in [0, 0.05) is 12.7 Å². The Hall–Kier alpha value is -1.41. The summed E-state index contributed by atoms with van der Waals surface area (Å²) in [6.07, 6.45) is 9.39. The lowest BCUT2D eigenvalue weighted by molar-refractivity contribution is 0.261. The fourth-order valence-corrected chi connectivity index (χ4v) is 2.42. The van der Waals surface area contributed by atoms with Crippen LogP contribution in [-0.2, 0) is 16.9 Å². The van der Waals surface area contributed by atoms with Gasteiger partial charge in [0.15, 0.2) is 0 Å². The molecule has 1 heterocycles. The van der Waals surface area contributed by atoms with Crippen molar-refractivity contribution in [1.29, 1.82) is 0 Å². The van der Waals surface area contributed by atoms with E-state index in [4.69, 9.17) is 0 Å². The van der Waals surface area contributed by atoms with Gasteiger partial charge >= 0.3 is 0 Å². The van der Waals surface area contributed by atoms with Crippen molar-refractivity contribution in [2.45, 2.75) is 44.2 Å². The zero-order valence-electron chi connectivity index (χ0n) is 9.22. The van der Waals surface area contributed by atoms with Crippen molar-refractivity contribution in [3.8, 4) is 0 Å². The largest absolute Gasteiger partial charge is 0.267 e. The molecule has 1 aromatic rings. The van der Waals surface area contributed by atoms with Crippen molar-refractivity contribution in [3.05, 3.63) is 18.0 Å². The van der Waals surface area contributed by atoms with Gasteiger partial charge < -0.3 is 0 Å². The molecular formula is C12H15N3O. The number of aliphatic imine (C=N–C) groups is 1. The van der Waals surface area contributed by atoms with E-state index in [9.17, 15) is 4.79 Å². The first-order valence-corrected chi connectivity index (χ1v) is 5.95. The molecule has 4 nitrogen and oxygen atoms in total. The van der Waals surface area contributed by atoms with E-state index in [2.05, 4.69) is 10.1 Å². The molecule has 0 aliphatic heterocycles. The highest BCUT2D eigenvalue weighted by Crippen LogP contribution is 2.49. The molecule has 16 heavy (non-hydrogen) atoms. The Morgan fingerprint density at radius 1 is 1.56 bits per heavy atom. The van der Waals surface area contributed by atoms with Crippen LogP contribution in [-0.4, -0.2) is 15.9 Å². The molecule has 0 saturated heterocycles. The summed E-state index contributed by atoms with van der Waals surface area (Å²) >= 11 is 0. The summed E-state index contributed by atoms with van der Waals surface area (Å²) in [5.41, 5.74) is 0.824. The van der Waals surface area contributed by atoms with Crippen LogP contribution < -0.4 is 0 Å². The third-order valence-electron chi connectivity index (χ3n) is 3.83. The van der Waals surface area contributed by atoms with Crippen molar-refractivity contribution in [3.63, 3.8) is 0 Å². The molecular weight excluding hydrogens is 202 g/mol. The summed E-state index contributed by atoms with van der Waals surface area (Å²) in [4.78, 5) is 14.4. The van der Waals surface area contributed by atoms with Crippen molar-refractivity contribution in [2.75, 3.05) is 0 Å². The van der Waals surface area contributed by atoms with Crippen LogP contribution in [0, 0.1) is 5.92 Å². The van der Waals surface area contributed by atoms with Crippen LogP contribution in [0.4, 0.5) is 0 Å². The van der Waals surface area contributed by atoms with Crippen LogP contribution in [0.5, 0.6) is 0 Å². The molecule has 4 heteroatoms. The molecule has 2 saturated carbocycles. The molecule has 0 radical (unpaired) electrons. The van der Waals surface area contributed by atoms with Crippen LogP contribution in [0.3, 0.4) is 0 Å². The van der Waals surface area contributed by atoms with Crippen LogP contribution in [0.15, 0.2) is 17.3 Å². The van der Waals surface area contributed by atoms with Crippen molar-refractivity contribution >= 4 is 6.08 Å². The second kappa shape index (κ2) is 3.56. The fraction of sp³-hybridized carbons (Fsp3) is 0.667. The van der Waals surface area contributed by atoms with E-state index in [1.54, 1.807) is 6.08 Å². The van der Waals surface area contributed by atoms with Crippen molar-refractivity contribution in [1.82, 2.24) is 9.78 Å². The maximum absolute atomic E-state index is 10.4. The lowest BCUT2D eigenvalue weighted by Gasteiger charge is -2.26. The van der Waals surface area contributed by atoms with E-state index in [-0.39, 0.29) is 5.54 Å². The molecule has 0 bridgehead atoms. The summed E-state index contributed by atoms with van der Waals surface area (Å²) in [5, 5.41) is 4.35. The maximum atomic E-state index is 10.4. The van der Waals surface area contributed by atoms with Crippen molar-refractivity contribution < 1.29 is 4.79 Å².